The molecular weight excluding hydrogens is 264 g/mol. The van der Waals surface area contributed by atoms with Crippen molar-refractivity contribution in [1.29, 1.82) is 0 Å². The van der Waals surface area contributed by atoms with Gasteiger partial charge in [-0.25, -0.2) is 0 Å². The Hall–Kier alpha value is -2.05. The van der Waals surface area contributed by atoms with Crippen molar-refractivity contribution in [3.63, 3.8) is 0 Å². The van der Waals surface area contributed by atoms with Crippen LogP contribution in [0.2, 0.25) is 0 Å². The molecule has 1 heterocycles. The molecule has 0 aliphatic carbocycles. The molecular formula is C13H10N2O3S. The van der Waals surface area contributed by atoms with Crippen LogP contribution in [0.5, 0.6) is 0 Å². The standard InChI is InChI=1S/C13H10N2O3S/c16-7-8-1-4-12-11(5-8)14-10-3-2-9(15(17)18)6-13(10)19-12/h1-6,14,16H,7H2. The highest BCUT2D eigenvalue weighted by molar-refractivity contribution is 7.99. The summed E-state index contributed by atoms with van der Waals surface area (Å²) in [4.78, 5) is 12.2. The summed E-state index contributed by atoms with van der Waals surface area (Å²) in [5.74, 6) is 0. The molecule has 0 fully saturated rings. The van der Waals surface area contributed by atoms with Crippen LogP contribution in [0.4, 0.5) is 17.1 Å². The van der Waals surface area contributed by atoms with Gasteiger partial charge in [0.1, 0.15) is 0 Å². The van der Waals surface area contributed by atoms with Crippen LogP contribution in [0.15, 0.2) is 46.2 Å². The Morgan fingerprint density at radius 1 is 1.16 bits per heavy atom. The molecule has 19 heavy (non-hydrogen) atoms. The minimum atomic E-state index is -0.398. The van der Waals surface area contributed by atoms with Gasteiger partial charge in [-0.1, -0.05) is 17.8 Å². The summed E-state index contributed by atoms with van der Waals surface area (Å²) >= 11 is 1.48. The Morgan fingerprint density at radius 3 is 2.74 bits per heavy atom. The maximum atomic E-state index is 10.8. The molecule has 2 aromatic carbocycles. The van der Waals surface area contributed by atoms with Crippen LogP contribution in [0.25, 0.3) is 0 Å². The molecule has 0 saturated heterocycles. The van der Waals surface area contributed by atoms with Crippen molar-refractivity contribution in [1.82, 2.24) is 0 Å². The van der Waals surface area contributed by atoms with Crippen LogP contribution in [0.3, 0.4) is 0 Å². The average Bonchev–Trinajstić information content (AvgIpc) is 2.43. The van der Waals surface area contributed by atoms with Crippen molar-refractivity contribution in [2.45, 2.75) is 16.4 Å². The molecule has 0 aromatic heterocycles. The molecule has 2 N–H and O–H groups in total. The largest absolute Gasteiger partial charge is 0.392 e. The van der Waals surface area contributed by atoms with Crippen molar-refractivity contribution in [2.24, 2.45) is 0 Å². The second-order valence-electron chi connectivity index (χ2n) is 4.15. The number of nitrogens with one attached hydrogen (secondary N) is 1. The van der Waals surface area contributed by atoms with Gasteiger partial charge in [0.2, 0.25) is 0 Å². The molecule has 1 aliphatic heterocycles. The molecule has 1 aliphatic rings. The lowest BCUT2D eigenvalue weighted by Gasteiger charge is -2.20. The van der Waals surface area contributed by atoms with E-state index in [0.29, 0.717) is 0 Å². The minimum absolute atomic E-state index is 0.00720. The highest BCUT2D eigenvalue weighted by Crippen LogP contribution is 2.45. The zero-order valence-corrected chi connectivity index (χ0v) is 10.6. The van der Waals surface area contributed by atoms with Crippen LogP contribution in [0, 0.1) is 10.1 Å². The van der Waals surface area contributed by atoms with Crippen LogP contribution in [-0.2, 0) is 6.61 Å². The van der Waals surface area contributed by atoms with E-state index in [1.807, 2.05) is 18.2 Å². The number of nitro groups is 1. The third kappa shape index (κ3) is 2.16. The van der Waals surface area contributed by atoms with E-state index >= 15 is 0 Å². The first kappa shape index (κ1) is 12.0. The highest BCUT2D eigenvalue weighted by Gasteiger charge is 2.18. The third-order valence-electron chi connectivity index (χ3n) is 2.89. The third-order valence-corrected chi connectivity index (χ3v) is 4.03. The molecule has 2 aromatic rings. The second-order valence-corrected chi connectivity index (χ2v) is 5.24. The molecule has 6 heteroatoms. The fraction of sp³-hybridized carbons (Fsp3) is 0.0769. The zero-order valence-electron chi connectivity index (χ0n) is 9.79. The van der Waals surface area contributed by atoms with Crippen molar-refractivity contribution < 1.29 is 10.0 Å². The molecule has 0 radical (unpaired) electrons. The van der Waals surface area contributed by atoms with Crippen molar-refractivity contribution in [3.8, 4) is 0 Å². The van der Waals surface area contributed by atoms with Crippen molar-refractivity contribution >= 4 is 28.8 Å². The van der Waals surface area contributed by atoms with E-state index in [1.165, 1.54) is 17.8 Å². The number of hydrogen-bond acceptors (Lipinski definition) is 5. The molecule has 0 bridgehead atoms. The Balaban J connectivity index is 2.01. The Labute approximate surface area is 113 Å². The Morgan fingerprint density at radius 2 is 2.00 bits per heavy atom. The van der Waals surface area contributed by atoms with Gasteiger partial charge in [0.25, 0.3) is 5.69 Å². The van der Waals surface area contributed by atoms with E-state index in [-0.39, 0.29) is 12.3 Å². The number of fused-ring (bicyclic) bond motifs is 2. The van der Waals surface area contributed by atoms with Gasteiger partial charge in [0.15, 0.2) is 0 Å². The fourth-order valence-corrected chi connectivity index (χ4v) is 2.94. The summed E-state index contributed by atoms with van der Waals surface area (Å²) in [6, 6.07) is 10.4. The van der Waals surface area contributed by atoms with Crippen molar-refractivity contribution in [2.75, 3.05) is 5.32 Å². The highest BCUT2D eigenvalue weighted by atomic mass is 32.2. The maximum absolute atomic E-state index is 10.8. The molecule has 0 saturated carbocycles. The van der Waals surface area contributed by atoms with Gasteiger partial charge in [0, 0.05) is 21.9 Å². The van der Waals surface area contributed by atoms with Gasteiger partial charge < -0.3 is 10.4 Å². The summed E-state index contributed by atoms with van der Waals surface area (Å²) in [5.41, 5.74) is 2.68. The summed E-state index contributed by atoms with van der Waals surface area (Å²) in [5, 5.41) is 23.1. The van der Waals surface area contributed by atoms with Gasteiger partial charge in [-0.3, -0.25) is 10.1 Å². The molecule has 0 unspecified atom stereocenters. The number of nitro benzene ring substituents is 1. The van der Waals surface area contributed by atoms with E-state index in [9.17, 15) is 10.1 Å². The lowest BCUT2D eigenvalue weighted by atomic mass is 10.2. The quantitative estimate of drug-likeness (QED) is 0.554. The molecule has 5 nitrogen and oxygen atoms in total. The van der Waals surface area contributed by atoms with E-state index in [1.54, 1.807) is 12.1 Å². The molecule has 3 rings (SSSR count). The summed E-state index contributed by atoms with van der Waals surface area (Å²) in [6.07, 6.45) is 0. The average molecular weight is 274 g/mol. The number of rotatable bonds is 2. The molecule has 0 spiro atoms. The van der Waals surface area contributed by atoms with Gasteiger partial charge >= 0.3 is 0 Å². The van der Waals surface area contributed by atoms with E-state index in [4.69, 9.17) is 5.11 Å². The smallest absolute Gasteiger partial charge is 0.270 e. The fourth-order valence-electron chi connectivity index (χ4n) is 1.94. The Bertz CT molecular complexity index is 673. The molecule has 96 valence electrons. The van der Waals surface area contributed by atoms with Crippen LogP contribution in [-0.4, -0.2) is 10.0 Å². The predicted octanol–water partition coefficient (Wildman–Crippen LogP) is 3.30. The molecule has 0 amide bonds. The first-order chi connectivity index (χ1) is 9.17. The van der Waals surface area contributed by atoms with Crippen LogP contribution < -0.4 is 5.32 Å². The van der Waals surface area contributed by atoms with E-state index in [0.717, 1.165) is 26.7 Å². The summed E-state index contributed by atoms with van der Waals surface area (Å²) < 4.78 is 0. The van der Waals surface area contributed by atoms with Crippen LogP contribution in [0.1, 0.15) is 5.56 Å². The minimum Gasteiger partial charge on any atom is -0.392 e. The van der Waals surface area contributed by atoms with Gasteiger partial charge in [0.05, 0.1) is 22.9 Å². The SMILES string of the molecule is O=[N+]([O-])c1ccc2c(c1)Sc1ccc(CO)cc1N2. The van der Waals surface area contributed by atoms with Gasteiger partial charge in [-0.15, -0.1) is 0 Å². The summed E-state index contributed by atoms with van der Waals surface area (Å²) in [7, 11) is 0. The lowest BCUT2D eigenvalue weighted by molar-refractivity contribution is -0.385. The maximum Gasteiger partial charge on any atom is 0.270 e. The second kappa shape index (κ2) is 4.56. The number of aliphatic hydroxyl groups is 1. The van der Waals surface area contributed by atoms with Crippen LogP contribution >= 0.6 is 11.8 Å². The number of anilines is 2. The zero-order chi connectivity index (χ0) is 13.4. The number of aliphatic hydroxyl groups excluding tert-OH is 1. The first-order valence-corrected chi connectivity index (χ1v) is 6.46. The lowest BCUT2D eigenvalue weighted by Crippen LogP contribution is -2.01. The molecule has 0 atom stereocenters. The van der Waals surface area contributed by atoms with Gasteiger partial charge in [-0.2, -0.15) is 0 Å². The first-order valence-electron chi connectivity index (χ1n) is 5.64. The van der Waals surface area contributed by atoms with E-state index in [2.05, 4.69) is 5.32 Å². The number of benzene rings is 2. The normalized spacial score (nSPS) is 12.3. The van der Waals surface area contributed by atoms with Gasteiger partial charge in [-0.05, 0) is 23.8 Å². The predicted molar refractivity (Wildman–Crippen MR) is 72.9 cm³/mol. The van der Waals surface area contributed by atoms with E-state index < -0.39 is 4.92 Å². The van der Waals surface area contributed by atoms with Crippen molar-refractivity contribution in [3.05, 3.63) is 52.1 Å². The Kier molecular flexibility index (Phi) is 2.88. The monoisotopic (exact) mass is 274 g/mol. The number of nitrogens with zero attached hydrogens (tertiary/aromatic N) is 1. The number of non-ortho nitro benzene ring substituents is 1. The topological polar surface area (TPSA) is 75.4 Å². The summed E-state index contributed by atoms with van der Waals surface area (Å²) in [6.45, 7) is -0.00720. The number of hydrogen-bond donors (Lipinski definition) is 2.